The standard InChI is InChI=1S/C45H52FN5O5/c1-6-15-45(5,8-3)56-44(54)30(4)24-31-14-19-50(28-31)43(53)35-29-51-37-25-32-12-9-10-13-33(32)26-38(37)55-42-39(36(46)27-34(40(42)51)41(35)52)47-16-11-18-49-22-20-48(17-7-2)21-23-49/h6-7,9-10,12-13,25-27,29,31,47H,1-2,4,8,11,14-24,28H2,3,5H3/t31-,45?/m0/s1. The van der Waals surface area contributed by atoms with E-state index in [9.17, 15) is 14.4 Å². The molecule has 2 fully saturated rings. The Labute approximate surface area is 327 Å². The summed E-state index contributed by atoms with van der Waals surface area (Å²) in [6, 6.07) is 13.0. The Morgan fingerprint density at radius 1 is 1.05 bits per heavy atom. The van der Waals surface area contributed by atoms with Crippen molar-refractivity contribution in [3.63, 3.8) is 0 Å². The third-order valence-corrected chi connectivity index (χ3v) is 11.6. The van der Waals surface area contributed by atoms with Crippen LogP contribution >= 0.6 is 0 Å². The molecule has 0 spiro atoms. The fourth-order valence-electron chi connectivity index (χ4n) is 8.16. The number of carbonyl (C=O) groups excluding carboxylic acids is 2. The summed E-state index contributed by atoms with van der Waals surface area (Å²) in [5.74, 6) is -0.842. The molecule has 3 aliphatic heterocycles. The molecule has 2 saturated heterocycles. The van der Waals surface area contributed by atoms with Crippen LogP contribution < -0.4 is 15.5 Å². The molecule has 0 saturated carbocycles. The largest absolute Gasteiger partial charge is 0.456 e. The van der Waals surface area contributed by atoms with Gasteiger partial charge >= 0.3 is 5.97 Å². The number of amides is 1. The highest BCUT2D eigenvalue weighted by Crippen LogP contribution is 2.46. The van der Waals surface area contributed by atoms with Crippen LogP contribution in [-0.2, 0) is 9.53 Å². The maximum Gasteiger partial charge on any atom is 0.333 e. The first kappa shape index (κ1) is 39.0. The van der Waals surface area contributed by atoms with Crippen molar-refractivity contribution in [2.24, 2.45) is 5.92 Å². The number of ether oxygens (including phenoxy) is 2. The number of nitrogens with zero attached hydrogens (tertiary/aromatic N) is 4. The number of likely N-dealkylation sites (tertiary alicyclic amines) is 1. The average Bonchev–Trinajstić information content (AvgIpc) is 3.66. The lowest BCUT2D eigenvalue weighted by Gasteiger charge is -2.34. The number of halogens is 1. The third-order valence-electron chi connectivity index (χ3n) is 11.6. The third kappa shape index (κ3) is 7.88. The Morgan fingerprint density at radius 2 is 1.79 bits per heavy atom. The van der Waals surface area contributed by atoms with Crippen molar-refractivity contribution in [2.45, 2.75) is 51.6 Å². The van der Waals surface area contributed by atoms with Crippen LogP contribution in [0.3, 0.4) is 0 Å². The molecule has 4 aromatic rings. The molecule has 4 heterocycles. The first-order valence-corrected chi connectivity index (χ1v) is 19.8. The van der Waals surface area contributed by atoms with Gasteiger partial charge in [0, 0.05) is 70.5 Å². The van der Waals surface area contributed by atoms with E-state index in [0.717, 1.165) is 56.5 Å². The van der Waals surface area contributed by atoms with E-state index in [-0.39, 0.29) is 28.3 Å². The highest BCUT2D eigenvalue weighted by Gasteiger charge is 2.34. The molecule has 0 bridgehead atoms. The molecule has 1 N–H and O–H groups in total. The van der Waals surface area contributed by atoms with Crippen molar-refractivity contribution in [2.75, 3.05) is 64.2 Å². The van der Waals surface area contributed by atoms with Crippen LogP contribution in [0.5, 0.6) is 11.5 Å². The lowest BCUT2D eigenvalue weighted by Crippen LogP contribution is -2.46. The van der Waals surface area contributed by atoms with Crippen LogP contribution in [-0.4, -0.2) is 95.6 Å². The van der Waals surface area contributed by atoms with Gasteiger partial charge in [-0.3, -0.25) is 14.5 Å². The molecule has 7 rings (SSSR count). The Bertz CT molecular complexity index is 2260. The summed E-state index contributed by atoms with van der Waals surface area (Å²) in [6.07, 6.45) is 8.21. The SMILES string of the molecule is C=CCN1CCN(CCCNc2c(F)cc3c(=O)c(C(=O)N4CC[C@@H](CC(=C)C(=O)OC(C)(CC)CC=C)C4)cn4c3c2Oc2cc3ccccc3cc2-4)CC1. The normalized spacial score (nSPS) is 17.9. The molecule has 0 aliphatic carbocycles. The monoisotopic (exact) mass is 761 g/mol. The molecule has 3 aliphatic rings. The topological polar surface area (TPSA) is 96.4 Å². The van der Waals surface area contributed by atoms with E-state index < -0.39 is 28.7 Å². The van der Waals surface area contributed by atoms with Crippen molar-refractivity contribution in [3.05, 3.63) is 108 Å². The number of piperazine rings is 1. The van der Waals surface area contributed by atoms with Crippen LogP contribution in [0.15, 0.2) is 90.9 Å². The van der Waals surface area contributed by atoms with Gasteiger partial charge in [-0.05, 0) is 74.0 Å². The minimum atomic E-state index is -0.661. The van der Waals surface area contributed by atoms with Gasteiger partial charge in [0.25, 0.3) is 5.91 Å². The van der Waals surface area contributed by atoms with Gasteiger partial charge in [0.2, 0.25) is 5.43 Å². The van der Waals surface area contributed by atoms with Gasteiger partial charge in [-0.15, -0.1) is 13.2 Å². The van der Waals surface area contributed by atoms with Crippen LogP contribution in [0.1, 0.15) is 56.3 Å². The molecule has 1 aromatic heterocycles. The van der Waals surface area contributed by atoms with E-state index in [1.165, 1.54) is 6.07 Å². The lowest BCUT2D eigenvalue weighted by atomic mass is 9.97. The molecule has 10 nitrogen and oxygen atoms in total. The van der Waals surface area contributed by atoms with E-state index in [4.69, 9.17) is 9.47 Å². The first-order valence-electron chi connectivity index (χ1n) is 19.8. The summed E-state index contributed by atoms with van der Waals surface area (Å²) >= 11 is 0. The average molecular weight is 762 g/mol. The van der Waals surface area contributed by atoms with Crippen LogP contribution in [0.2, 0.25) is 0 Å². The number of carbonyl (C=O) groups is 2. The highest BCUT2D eigenvalue weighted by atomic mass is 19.1. The quantitative estimate of drug-likeness (QED) is 0.0503. The van der Waals surface area contributed by atoms with E-state index >= 15 is 4.39 Å². The molecular formula is C45H52FN5O5. The number of esters is 1. The zero-order valence-electron chi connectivity index (χ0n) is 32.6. The van der Waals surface area contributed by atoms with E-state index in [1.807, 2.05) is 56.3 Å². The first-order chi connectivity index (χ1) is 27.0. The fraction of sp³-hybridized carbons (Fsp3) is 0.400. The second-order valence-corrected chi connectivity index (χ2v) is 15.6. The van der Waals surface area contributed by atoms with Crippen molar-refractivity contribution in [1.29, 1.82) is 0 Å². The number of benzene rings is 3. The highest BCUT2D eigenvalue weighted by molar-refractivity contribution is 6.02. The van der Waals surface area contributed by atoms with Gasteiger partial charge in [-0.1, -0.05) is 49.9 Å². The molecule has 56 heavy (non-hydrogen) atoms. The van der Waals surface area contributed by atoms with Crippen molar-refractivity contribution in [3.8, 4) is 17.2 Å². The molecule has 294 valence electrons. The van der Waals surface area contributed by atoms with E-state index in [1.54, 1.807) is 21.7 Å². The molecular weight excluding hydrogens is 710 g/mol. The van der Waals surface area contributed by atoms with Gasteiger partial charge in [0.05, 0.1) is 11.1 Å². The van der Waals surface area contributed by atoms with Crippen molar-refractivity contribution >= 4 is 39.2 Å². The predicted molar refractivity (Wildman–Crippen MR) is 221 cm³/mol. The van der Waals surface area contributed by atoms with Crippen LogP contribution in [0, 0.1) is 11.7 Å². The van der Waals surface area contributed by atoms with Gasteiger partial charge in [0.1, 0.15) is 22.4 Å². The minimum absolute atomic E-state index is 0.0344. The molecule has 2 atom stereocenters. The molecule has 0 radical (unpaired) electrons. The van der Waals surface area contributed by atoms with Gasteiger partial charge < -0.3 is 29.2 Å². The Morgan fingerprint density at radius 3 is 2.50 bits per heavy atom. The molecule has 1 unspecified atom stereocenters. The van der Waals surface area contributed by atoms with Gasteiger partial charge in [0.15, 0.2) is 17.3 Å². The maximum atomic E-state index is 16.2. The Balaban J connectivity index is 1.14. The van der Waals surface area contributed by atoms with Crippen molar-refractivity contribution in [1.82, 2.24) is 19.3 Å². The Hall–Kier alpha value is -5.26. The van der Waals surface area contributed by atoms with Gasteiger partial charge in [-0.25, -0.2) is 9.18 Å². The predicted octanol–water partition coefficient (Wildman–Crippen LogP) is 7.69. The van der Waals surface area contributed by atoms with Crippen LogP contribution in [0.25, 0.3) is 27.4 Å². The smallest absolute Gasteiger partial charge is 0.333 e. The lowest BCUT2D eigenvalue weighted by molar-refractivity contribution is -0.153. The number of nitrogens with one attached hydrogen (secondary N) is 1. The number of rotatable bonds is 15. The maximum absolute atomic E-state index is 16.2. The number of hydrogen-bond acceptors (Lipinski definition) is 8. The number of fused-ring (bicyclic) bond motifs is 3. The summed E-state index contributed by atoms with van der Waals surface area (Å²) in [5.41, 5.74) is 0.305. The number of anilines is 1. The summed E-state index contributed by atoms with van der Waals surface area (Å²) in [6.45, 7) is 22.4. The molecule has 3 aromatic carbocycles. The zero-order valence-corrected chi connectivity index (χ0v) is 32.6. The zero-order chi connectivity index (χ0) is 39.6. The minimum Gasteiger partial charge on any atom is -0.456 e. The fourth-order valence-corrected chi connectivity index (χ4v) is 8.16. The molecule has 11 heteroatoms. The number of hydrogen-bond donors (Lipinski definition) is 1. The summed E-state index contributed by atoms with van der Waals surface area (Å²) in [4.78, 5) is 47.8. The number of pyridine rings is 1. The second-order valence-electron chi connectivity index (χ2n) is 15.6. The Kier molecular flexibility index (Phi) is 11.5. The van der Waals surface area contributed by atoms with E-state index in [0.29, 0.717) is 67.8 Å². The van der Waals surface area contributed by atoms with Crippen LogP contribution in [0.4, 0.5) is 10.1 Å². The number of aromatic nitrogens is 1. The summed E-state index contributed by atoms with van der Waals surface area (Å²) < 4.78 is 30.3. The summed E-state index contributed by atoms with van der Waals surface area (Å²) in [7, 11) is 0. The summed E-state index contributed by atoms with van der Waals surface area (Å²) in [5, 5.41) is 5.25. The molecule has 1 amide bonds. The van der Waals surface area contributed by atoms with E-state index in [2.05, 4.69) is 34.9 Å². The second kappa shape index (κ2) is 16.5. The van der Waals surface area contributed by atoms with Gasteiger partial charge in [-0.2, -0.15) is 0 Å². The van der Waals surface area contributed by atoms with Crippen molar-refractivity contribution < 1.29 is 23.5 Å².